The molecule has 2 aliphatic rings. The molecule has 4 rings (SSSR count). The number of hydrogen-bond donors (Lipinski definition) is 2. The van der Waals surface area contributed by atoms with Crippen molar-refractivity contribution in [2.45, 2.75) is 76.9 Å². The second-order valence-corrected chi connectivity index (χ2v) is 9.29. The van der Waals surface area contributed by atoms with Crippen LogP contribution in [0, 0.1) is 5.92 Å². The average molecular weight is 438 g/mol. The van der Waals surface area contributed by atoms with E-state index in [9.17, 15) is 9.90 Å². The minimum atomic E-state index is -0.336. The van der Waals surface area contributed by atoms with Gasteiger partial charge in [0.25, 0.3) is 0 Å². The summed E-state index contributed by atoms with van der Waals surface area (Å²) in [6.07, 6.45) is 6.52. The van der Waals surface area contributed by atoms with Crippen molar-refractivity contribution < 1.29 is 19.4 Å². The molecule has 2 aromatic rings. The maximum atomic E-state index is 11.8. The lowest BCUT2D eigenvalue weighted by Crippen LogP contribution is -2.40. The van der Waals surface area contributed by atoms with Crippen molar-refractivity contribution in [3.63, 3.8) is 0 Å². The zero-order valence-corrected chi connectivity index (χ0v) is 19.2. The molecule has 1 aliphatic heterocycles. The standard InChI is InChI=1S/C27H35NO4/c1-18-23-13-12-21(30)15-24(23)27-25(28-18)16-22(17-26(27)32-19(2)29)31-14-8-4-7-11-20-9-5-3-6-10-20/h3,5-6,9-10,16-18,21,23-24,28,30H,4,7-8,11-15H2,1-2H3/t18-,21+,23-,24+/m0/s1. The number of carbonyl (C=O) groups excluding carboxylic acids is 1. The fraction of sp³-hybridized carbons (Fsp3) is 0.519. The number of aliphatic hydroxyl groups is 1. The van der Waals surface area contributed by atoms with Gasteiger partial charge >= 0.3 is 5.97 Å². The Labute approximate surface area is 191 Å². The van der Waals surface area contributed by atoms with E-state index in [0.29, 0.717) is 30.7 Å². The van der Waals surface area contributed by atoms with E-state index in [1.807, 2.05) is 18.2 Å². The molecule has 5 heteroatoms. The molecule has 0 radical (unpaired) electrons. The molecule has 32 heavy (non-hydrogen) atoms. The molecule has 2 aromatic carbocycles. The number of benzene rings is 2. The molecule has 0 unspecified atom stereocenters. The SMILES string of the molecule is CC(=O)Oc1cc(OCCCCCc2ccccc2)cc2c1[C@@H]1C[C@H](O)CC[C@H]1[C@H](C)N2. The van der Waals surface area contributed by atoms with Crippen LogP contribution in [0.1, 0.15) is 69.4 Å². The Morgan fingerprint density at radius 1 is 1.12 bits per heavy atom. The van der Waals surface area contributed by atoms with Crippen molar-refractivity contribution in [1.82, 2.24) is 0 Å². The summed E-state index contributed by atoms with van der Waals surface area (Å²) in [5, 5.41) is 13.9. The Hall–Kier alpha value is -2.53. The summed E-state index contributed by atoms with van der Waals surface area (Å²) >= 11 is 0. The number of carbonyl (C=O) groups is 1. The van der Waals surface area contributed by atoms with Gasteiger partial charge in [0.05, 0.1) is 12.7 Å². The largest absolute Gasteiger partial charge is 0.493 e. The number of fused-ring (bicyclic) bond motifs is 3. The number of hydrogen-bond acceptors (Lipinski definition) is 5. The molecule has 1 aliphatic carbocycles. The molecule has 1 saturated carbocycles. The summed E-state index contributed by atoms with van der Waals surface area (Å²) in [6.45, 7) is 4.26. The predicted octanol–water partition coefficient (Wildman–Crippen LogP) is 5.46. The van der Waals surface area contributed by atoms with Crippen LogP contribution in [-0.2, 0) is 11.2 Å². The number of nitrogens with one attached hydrogen (secondary N) is 1. The van der Waals surface area contributed by atoms with Gasteiger partial charge in [0.15, 0.2) is 0 Å². The fourth-order valence-electron chi connectivity index (χ4n) is 5.32. The summed E-state index contributed by atoms with van der Waals surface area (Å²) in [6, 6.07) is 14.7. The monoisotopic (exact) mass is 437 g/mol. The zero-order chi connectivity index (χ0) is 22.5. The number of esters is 1. The third-order valence-corrected chi connectivity index (χ3v) is 6.86. The molecule has 0 bridgehead atoms. The smallest absolute Gasteiger partial charge is 0.308 e. The highest BCUT2D eigenvalue weighted by Gasteiger charge is 2.40. The van der Waals surface area contributed by atoms with E-state index in [2.05, 4.69) is 36.5 Å². The number of rotatable bonds is 8. The second-order valence-electron chi connectivity index (χ2n) is 9.29. The van der Waals surface area contributed by atoms with Crippen molar-refractivity contribution >= 4 is 11.7 Å². The van der Waals surface area contributed by atoms with Crippen LogP contribution in [0.3, 0.4) is 0 Å². The number of ether oxygens (including phenoxy) is 2. The first kappa shape index (κ1) is 22.7. The molecule has 0 aromatic heterocycles. The van der Waals surface area contributed by atoms with Crippen LogP contribution in [0.25, 0.3) is 0 Å². The molecule has 5 nitrogen and oxygen atoms in total. The molecule has 172 valence electrons. The summed E-state index contributed by atoms with van der Waals surface area (Å²) in [4.78, 5) is 11.8. The maximum Gasteiger partial charge on any atom is 0.308 e. The first-order valence-electron chi connectivity index (χ1n) is 12.0. The van der Waals surface area contributed by atoms with Crippen LogP contribution in [0.15, 0.2) is 42.5 Å². The molecular formula is C27H35NO4. The van der Waals surface area contributed by atoms with Crippen molar-refractivity contribution in [1.29, 1.82) is 0 Å². The van der Waals surface area contributed by atoms with E-state index >= 15 is 0 Å². The highest BCUT2D eigenvalue weighted by atomic mass is 16.5. The van der Waals surface area contributed by atoms with E-state index < -0.39 is 0 Å². The number of anilines is 1. The predicted molar refractivity (Wildman–Crippen MR) is 126 cm³/mol. The molecular weight excluding hydrogens is 402 g/mol. The van der Waals surface area contributed by atoms with Gasteiger partial charge in [0.1, 0.15) is 11.5 Å². The van der Waals surface area contributed by atoms with Gasteiger partial charge in [0.2, 0.25) is 0 Å². The number of aryl methyl sites for hydroxylation is 1. The molecule has 0 amide bonds. The normalized spacial score (nSPS) is 24.1. The molecule has 4 atom stereocenters. The molecule has 0 saturated heterocycles. The van der Waals surface area contributed by atoms with Gasteiger partial charge in [-0.25, -0.2) is 0 Å². The lowest BCUT2D eigenvalue weighted by Gasteiger charge is -2.44. The highest BCUT2D eigenvalue weighted by molar-refractivity contribution is 5.73. The van der Waals surface area contributed by atoms with Crippen LogP contribution in [0.2, 0.25) is 0 Å². The second kappa shape index (κ2) is 10.4. The van der Waals surface area contributed by atoms with Gasteiger partial charge < -0.3 is 19.9 Å². The summed E-state index contributed by atoms with van der Waals surface area (Å²) in [5.41, 5.74) is 3.35. The Kier molecular flexibility index (Phi) is 7.36. The van der Waals surface area contributed by atoms with Crippen LogP contribution in [-0.4, -0.2) is 29.8 Å². The summed E-state index contributed by atoms with van der Waals surface area (Å²) in [7, 11) is 0. The summed E-state index contributed by atoms with van der Waals surface area (Å²) in [5.74, 6) is 1.56. The van der Waals surface area contributed by atoms with Crippen molar-refractivity contribution in [3.8, 4) is 11.5 Å². The average Bonchev–Trinajstić information content (AvgIpc) is 2.76. The van der Waals surface area contributed by atoms with Crippen molar-refractivity contribution in [2.75, 3.05) is 11.9 Å². The minimum Gasteiger partial charge on any atom is -0.493 e. The van der Waals surface area contributed by atoms with Gasteiger partial charge in [-0.1, -0.05) is 30.3 Å². The highest BCUT2D eigenvalue weighted by Crippen LogP contribution is 2.51. The van der Waals surface area contributed by atoms with Gasteiger partial charge in [-0.2, -0.15) is 0 Å². The van der Waals surface area contributed by atoms with E-state index in [-0.39, 0.29) is 18.0 Å². The first-order valence-corrected chi connectivity index (χ1v) is 12.0. The number of unbranched alkanes of at least 4 members (excludes halogenated alkanes) is 2. The molecule has 0 spiro atoms. The van der Waals surface area contributed by atoms with E-state index in [0.717, 1.165) is 55.5 Å². The van der Waals surface area contributed by atoms with Gasteiger partial charge in [0, 0.05) is 36.3 Å². The molecule has 1 heterocycles. The van der Waals surface area contributed by atoms with E-state index in [4.69, 9.17) is 9.47 Å². The lowest BCUT2D eigenvalue weighted by atomic mass is 9.68. The van der Waals surface area contributed by atoms with Gasteiger partial charge in [-0.15, -0.1) is 0 Å². The molecule has 2 N–H and O–H groups in total. The number of aliphatic hydroxyl groups excluding tert-OH is 1. The Bertz CT molecular complexity index is 913. The first-order chi connectivity index (χ1) is 15.5. The maximum absolute atomic E-state index is 11.8. The summed E-state index contributed by atoms with van der Waals surface area (Å²) < 4.78 is 11.7. The quantitative estimate of drug-likeness (QED) is 0.326. The Morgan fingerprint density at radius 3 is 2.72 bits per heavy atom. The van der Waals surface area contributed by atoms with Crippen LogP contribution in [0.4, 0.5) is 5.69 Å². The van der Waals surface area contributed by atoms with Crippen LogP contribution < -0.4 is 14.8 Å². The zero-order valence-electron chi connectivity index (χ0n) is 19.2. The van der Waals surface area contributed by atoms with Gasteiger partial charge in [-0.05, 0) is 69.3 Å². The van der Waals surface area contributed by atoms with Crippen LogP contribution in [0.5, 0.6) is 11.5 Å². The fourth-order valence-corrected chi connectivity index (χ4v) is 5.32. The lowest BCUT2D eigenvalue weighted by molar-refractivity contribution is -0.131. The van der Waals surface area contributed by atoms with E-state index in [1.165, 1.54) is 12.5 Å². The van der Waals surface area contributed by atoms with Gasteiger partial charge in [-0.3, -0.25) is 4.79 Å². The third kappa shape index (κ3) is 5.44. The van der Waals surface area contributed by atoms with E-state index in [1.54, 1.807) is 0 Å². The van der Waals surface area contributed by atoms with Crippen molar-refractivity contribution in [3.05, 3.63) is 53.6 Å². The Balaban J connectivity index is 1.41. The van der Waals surface area contributed by atoms with Crippen molar-refractivity contribution in [2.24, 2.45) is 5.92 Å². The molecule has 1 fully saturated rings. The minimum absolute atomic E-state index is 0.186. The topological polar surface area (TPSA) is 67.8 Å². The van der Waals surface area contributed by atoms with Crippen LogP contribution >= 0.6 is 0 Å². The third-order valence-electron chi connectivity index (χ3n) is 6.86. The Morgan fingerprint density at radius 2 is 1.94 bits per heavy atom.